The predicted molar refractivity (Wildman–Crippen MR) is 66.2 cm³/mol. The van der Waals surface area contributed by atoms with E-state index in [1.165, 1.54) is 0 Å². The lowest BCUT2D eigenvalue weighted by Gasteiger charge is -2.27. The van der Waals surface area contributed by atoms with E-state index in [2.05, 4.69) is 19.2 Å². The van der Waals surface area contributed by atoms with Crippen molar-refractivity contribution in [2.75, 3.05) is 19.8 Å². The molecule has 4 nitrogen and oxygen atoms in total. The summed E-state index contributed by atoms with van der Waals surface area (Å²) < 4.78 is 5.50. The van der Waals surface area contributed by atoms with Crippen molar-refractivity contribution in [2.45, 2.75) is 46.1 Å². The van der Waals surface area contributed by atoms with Gasteiger partial charge in [-0.25, -0.2) is 0 Å². The first kappa shape index (κ1) is 15.4. The lowest BCUT2D eigenvalue weighted by atomic mass is 10.0. The third kappa shape index (κ3) is 6.08. The normalized spacial score (nSPS) is 15.1. The second-order valence-corrected chi connectivity index (χ2v) is 4.86. The van der Waals surface area contributed by atoms with Crippen molar-refractivity contribution in [1.29, 1.82) is 0 Å². The predicted octanol–water partition coefficient (Wildman–Crippen LogP) is 1.29. The van der Waals surface area contributed by atoms with Gasteiger partial charge in [-0.3, -0.25) is 4.79 Å². The number of carbonyl (C=O) groups excluding carboxylic acids is 1. The fraction of sp³-hybridized carbons (Fsp3) is 0.917. The van der Waals surface area contributed by atoms with E-state index in [9.17, 15) is 4.79 Å². The van der Waals surface area contributed by atoms with Crippen LogP contribution in [0.4, 0.5) is 0 Å². The van der Waals surface area contributed by atoms with Gasteiger partial charge in [0.25, 0.3) is 0 Å². The molecule has 0 aromatic heterocycles. The highest BCUT2D eigenvalue weighted by Gasteiger charge is 2.30. The third-order valence-corrected chi connectivity index (χ3v) is 2.54. The molecule has 0 saturated carbocycles. The van der Waals surface area contributed by atoms with Gasteiger partial charge in [0, 0.05) is 6.61 Å². The largest absolute Gasteiger partial charge is 0.379 e. The number of amides is 1. The lowest BCUT2D eigenvalue weighted by Crippen LogP contribution is -2.56. The van der Waals surface area contributed by atoms with E-state index in [0.29, 0.717) is 19.1 Å². The molecule has 4 heteroatoms. The number of carbonyl (C=O) groups is 1. The molecule has 1 atom stereocenters. The summed E-state index contributed by atoms with van der Waals surface area (Å²) in [6.07, 6.45) is 1.97. The van der Waals surface area contributed by atoms with E-state index in [-0.39, 0.29) is 5.91 Å². The number of ether oxygens (including phenoxy) is 1. The van der Waals surface area contributed by atoms with Gasteiger partial charge in [0.2, 0.25) is 5.91 Å². The molecule has 1 amide bonds. The summed E-state index contributed by atoms with van der Waals surface area (Å²) in [7, 11) is 0. The Balaban J connectivity index is 3.98. The number of hydrogen-bond donors (Lipinski definition) is 2. The topological polar surface area (TPSA) is 64.3 Å². The molecule has 3 N–H and O–H groups in total. The van der Waals surface area contributed by atoms with E-state index in [1.807, 2.05) is 6.92 Å². The van der Waals surface area contributed by atoms with Gasteiger partial charge in [-0.05, 0) is 32.2 Å². The Morgan fingerprint density at radius 1 is 1.50 bits per heavy atom. The van der Waals surface area contributed by atoms with Crippen LogP contribution >= 0.6 is 0 Å². The lowest BCUT2D eigenvalue weighted by molar-refractivity contribution is -0.126. The zero-order chi connectivity index (χ0) is 12.6. The Kier molecular flexibility index (Phi) is 7.34. The van der Waals surface area contributed by atoms with Gasteiger partial charge in [0.05, 0.1) is 6.61 Å². The van der Waals surface area contributed by atoms with Crippen molar-refractivity contribution in [1.82, 2.24) is 5.32 Å². The summed E-state index contributed by atoms with van der Waals surface area (Å²) in [6, 6.07) is 0. The first-order valence-electron chi connectivity index (χ1n) is 6.05. The first-order chi connectivity index (χ1) is 7.42. The first-order valence-corrected chi connectivity index (χ1v) is 6.05. The number of primary amides is 1. The molecular weight excluding hydrogens is 204 g/mol. The smallest absolute Gasteiger partial charge is 0.239 e. The van der Waals surface area contributed by atoms with E-state index in [0.717, 1.165) is 19.4 Å². The zero-order valence-corrected chi connectivity index (χ0v) is 11.0. The van der Waals surface area contributed by atoms with Gasteiger partial charge >= 0.3 is 0 Å². The van der Waals surface area contributed by atoms with Crippen molar-refractivity contribution in [3.63, 3.8) is 0 Å². The Labute approximate surface area is 98.9 Å². The monoisotopic (exact) mass is 230 g/mol. The molecule has 0 aliphatic heterocycles. The van der Waals surface area contributed by atoms with E-state index in [1.54, 1.807) is 6.92 Å². The molecule has 0 aliphatic rings. The maximum Gasteiger partial charge on any atom is 0.239 e. The molecule has 0 fully saturated rings. The highest BCUT2D eigenvalue weighted by atomic mass is 16.5. The minimum atomic E-state index is -0.743. The van der Waals surface area contributed by atoms with Crippen LogP contribution in [0, 0.1) is 5.92 Å². The van der Waals surface area contributed by atoms with Crippen molar-refractivity contribution in [3.8, 4) is 0 Å². The van der Waals surface area contributed by atoms with Crippen molar-refractivity contribution < 1.29 is 9.53 Å². The Bertz CT molecular complexity index is 207. The SMILES string of the molecule is CCCNC(C)(COCCC(C)C)C(N)=O. The van der Waals surface area contributed by atoms with E-state index in [4.69, 9.17) is 10.5 Å². The molecule has 0 rings (SSSR count). The molecule has 1 unspecified atom stereocenters. The van der Waals surface area contributed by atoms with Gasteiger partial charge < -0.3 is 15.8 Å². The van der Waals surface area contributed by atoms with Gasteiger partial charge in [-0.2, -0.15) is 0 Å². The van der Waals surface area contributed by atoms with Crippen molar-refractivity contribution >= 4 is 5.91 Å². The molecule has 0 radical (unpaired) electrons. The summed E-state index contributed by atoms with van der Waals surface area (Å²) in [4.78, 5) is 11.3. The van der Waals surface area contributed by atoms with Crippen LogP contribution in [0.25, 0.3) is 0 Å². The summed E-state index contributed by atoms with van der Waals surface area (Å²) in [5, 5.41) is 3.13. The minimum absolute atomic E-state index is 0.342. The third-order valence-electron chi connectivity index (χ3n) is 2.54. The van der Waals surface area contributed by atoms with Crippen LogP contribution in [0.15, 0.2) is 0 Å². The Morgan fingerprint density at radius 3 is 2.56 bits per heavy atom. The Morgan fingerprint density at radius 2 is 2.12 bits per heavy atom. The van der Waals surface area contributed by atoms with Crippen LogP contribution in [0.3, 0.4) is 0 Å². The van der Waals surface area contributed by atoms with Crippen molar-refractivity contribution in [2.24, 2.45) is 11.7 Å². The molecule has 0 aromatic carbocycles. The van der Waals surface area contributed by atoms with Crippen molar-refractivity contribution in [3.05, 3.63) is 0 Å². The number of nitrogens with two attached hydrogens (primary N) is 1. The molecule has 0 spiro atoms. The number of rotatable bonds is 9. The van der Waals surface area contributed by atoms with Gasteiger partial charge in [0.15, 0.2) is 0 Å². The molecule has 0 bridgehead atoms. The van der Waals surface area contributed by atoms with Crippen LogP contribution in [0.1, 0.15) is 40.5 Å². The Hall–Kier alpha value is -0.610. The van der Waals surface area contributed by atoms with E-state index < -0.39 is 5.54 Å². The van der Waals surface area contributed by atoms with Crippen LogP contribution in [-0.2, 0) is 9.53 Å². The van der Waals surface area contributed by atoms with Crippen LogP contribution < -0.4 is 11.1 Å². The molecule has 16 heavy (non-hydrogen) atoms. The van der Waals surface area contributed by atoms with E-state index >= 15 is 0 Å². The second-order valence-electron chi connectivity index (χ2n) is 4.86. The average molecular weight is 230 g/mol. The van der Waals surface area contributed by atoms with Crippen LogP contribution in [0.5, 0.6) is 0 Å². The molecule has 96 valence electrons. The number of nitrogens with one attached hydrogen (secondary N) is 1. The number of hydrogen-bond acceptors (Lipinski definition) is 3. The molecule has 0 aromatic rings. The van der Waals surface area contributed by atoms with Gasteiger partial charge in [0.1, 0.15) is 5.54 Å². The van der Waals surface area contributed by atoms with Gasteiger partial charge in [-0.1, -0.05) is 20.8 Å². The van der Waals surface area contributed by atoms with Crippen LogP contribution in [0.2, 0.25) is 0 Å². The summed E-state index contributed by atoms with van der Waals surface area (Å²) in [6.45, 7) is 9.92. The van der Waals surface area contributed by atoms with Crippen LogP contribution in [-0.4, -0.2) is 31.2 Å². The zero-order valence-electron chi connectivity index (χ0n) is 11.0. The minimum Gasteiger partial charge on any atom is -0.379 e. The fourth-order valence-electron chi connectivity index (χ4n) is 1.21. The molecular formula is C12H26N2O2. The average Bonchev–Trinajstić information content (AvgIpc) is 2.21. The molecule has 0 saturated heterocycles. The highest BCUT2D eigenvalue weighted by molar-refractivity contribution is 5.84. The fourth-order valence-corrected chi connectivity index (χ4v) is 1.21. The maximum atomic E-state index is 11.3. The quantitative estimate of drug-likeness (QED) is 0.587. The second kappa shape index (κ2) is 7.63. The standard InChI is InChI=1S/C12H26N2O2/c1-5-7-14-12(4,11(13)15)9-16-8-6-10(2)3/h10,14H,5-9H2,1-4H3,(H2,13,15). The van der Waals surface area contributed by atoms with Gasteiger partial charge in [-0.15, -0.1) is 0 Å². The highest BCUT2D eigenvalue weighted by Crippen LogP contribution is 2.06. The molecule has 0 aliphatic carbocycles. The maximum absolute atomic E-state index is 11.3. The molecule has 0 heterocycles. The summed E-state index contributed by atoms with van der Waals surface area (Å²) in [5.74, 6) is 0.258. The summed E-state index contributed by atoms with van der Waals surface area (Å²) in [5.41, 5.74) is 4.63. The summed E-state index contributed by atoms with van der Waals surface area (Å²) >= 11 is 0.